The third kappa shape index (κ3) is 1.48. The largest absolute Gasteiger partial charge is 0.458 e. The Morgan fingerprint density at radius 1 is 1.33 bits per heavy atom. The van der Waals surface area contributed by atoms with E-state index in [2.05, 4.69) is 6.58 Å². The van der Waals surface area contributed by atoms with E-state index in [1.54, 1.807) is 0 Å². The molecule has 2 aliphatic carbocycles. The normalized spacial score (nSPS) is 47.6. The van der Waals surface area contributed by atoms with Crippen molar-refractivity contribution in [2.75, 3.05) is 0 Å². The Bertz CT molecular complexity index is 428. The highest BCUT2D eigenvalue weighted by Crippen LogP contribution is 2.49. The Labute approximate surface area is 106 Å². The zero-order valence-electron chi connectivity index (χ0n) is 10.5. The maximum absolute atomic E-state index is 11.9. The summed E-state index contributed by atoms with van der Waals surface area (Å²) in [5.41, 5.74) is 0.375. The molecule has 2 saturated carbocycles. The zero-order chi connectivity index (χ0) is 13.0. The third-order valence-electron chi connectivity index (χ3n) is 4.98. The molecule has 4 nitrogen and oxygen atoms in total. The van der Waals surface area contributed by atoms with Crippen molar-refractivity contribution in [3.63, 3.8) is 0 Å². The van der Waals surface area contributed by atoms with Crippen molar-refractivity contribution in [2.24, 2.45) is 23.7 Å². The van der Waals surface area contributed by atoms with Gasteiger partial charge in [0.1, 0.15) is 11.9 Å². The summed E-state index contributed by atoms with van der Waals surface area (Å²) in [6.07, 6.45) is 1.10. The van der Waals surface area contributed by atoms with Crippen LogP contribution in [0.15, 0.2) is 12.2 Å². The summed E-state index contributed by atoms with van der Waals surface area (Å²) in [4.78, 5) is 23.5. The number of fused-ring (bicyclic) bond motifs is 3. The molecule has 1 aliphatic heterocycles. The van der Waals surface area contributed by atoms with Crippen LogP contribution >= 0.6 is 0 Å². The van der Waals surface area contributed by atoms with Crippen molar-refractivity contribution >= 4 is 11.8 Å². The first-order chi connectivity index (χ1) is 8.50. The second-order valence-corrected chi connectivity index (χ2v) is 5.86. The molecule has 1 N–H and O–H groups in total. The summed E-state index contributed by atoms with van der Waals surface area (Å²) >= 11 is 0. The van der Waals surface area contributed by atoms with Gasteiger partial charge in [-0.15, -0.1) is 0 Å². The van der Waals surface area contributed by atoms with Gasteiger partial charge in [0.05, 0.1) is 12.0 Å². The SMILES string of the molecule is C=C1C(=O)OC2C3C(CC[C@H](O)C12)CC(=O)C3C. The van der Waals surface area contributed by atoms with Gasteiger partial charge in [-0.3, -0.25) is 4.79 Å². The van der Waals surface area contributed by atoms with Crippen molar-refractivity contribution in [3.8, 4) is 0 Å². The lowest BCUT2D eigenvalue weighted by Gasteiger charge is -2.28. The van der Waals surface area contributed by atoms with Crippen LogP contribution in [0, 0.1) is 23.7 Å². The molecule has 0 aromatic rings. The summed E-state index contributed by atoms with van der Waals surface area (Å²) in [5.74, 6) is -0.240. The average Bonchev–Trinajstić information content (AvgIpc) is 2.71. The molecule has 0 spiro atoms. The van der Waals surface area contributed by atoms with E-state index in [9.17, 15) is 14.7 Å². The summed E-state index contributed by atoms with van der Waals surface area (Å²) in [7, 11) is 0. The molecular formula is C14H18O4. The number of hydrogen-bond donors (Lipinski definition) is 1. The lowest BCUT2D eigenvalue weighted by molar-refractivity contribution is -0.143. The molecule has 6 atom stereocenters. The molecule has 0 radical (unpaired) electrons. The Hall–Kier alpha value is -1.16. The van der Waals surface area contributed by atoms with Gasteiger partial charge in [0, 0.05) is 23.8 Å². The van der Waals surface area contributed by atoms with Crippen molar-refractivity contribution in [3.05, 3.63) is 12.2 Å². The van der Waals surface area contributed by atoms with E-state index < -0.39 is 12.1 Å². The molecule has 98 valence electrons. The minimum atomic E-state index is -0.568. The number of aliphatic hydroxyl groups excluding tert-OH is 1. The highest BCUT2D eigenvalue weighted by atomic mass is 16.6. The van der Waals surface area contributed by atoms with Gasteiger partial charge in [-0.2, -0.15) is 0 Å². The lowest BCUT2D eigenvalue weighted by atomic mass is 9.79. The van der Waals surface area contributed by atoms with Crippen LogP contribution in [0.25, 0.3) is 0 Å². The molecule has 18 heavy (non-hydrogen) atoms. The molecule has 0 amide bonds. The highest BCUT2D eigenvalue weighted by Gasteiger charge is 2.55. The first kappa shape index (κ1) is 11.9. The van der Waals surface area contributed by atoms with Crippen LogP contribution in [0.4, 0.5) is 0 Å². The molecule has 4 heteroatoms. The summed E-state index contributed by atoms with van der Waals surface area (Å²) in [6.45, 7) is 5.66. The minimum absolute atomic E-state index is 0.0582. The number of esters is 1. The van der Waals surface area contributed by atoms with Crippen LogP contribution < -0.4 is 0 Å². The van der Waals surface area contributed by atoms with Crippen LogP contribution in [0.1, 0.15) is 26.2 Å². The smallest absolute Gasteiger partial charge is 0.334 e. The third-order valence-corrected chi connectivity index (χ3v) is 4.98. The number of hydrogen-bond acceptors (Lipinski definition) is 4. The Morgan fingerprint density at radius 2 is 2.06 bits per heavy atom. The molecule has 5 unspecified atom stereocenters. The number of rotatable bonds is 0. The Morgan fingerprint density at radius 3 is 2.78 bits per heavy atom. The zero-order valence-corrected chi connectivity index (χ0v) is 10.5. The maximum Gasteiger partial charge on any atom is 0.334 e. The first-order valence-corrected chi connectivity index (χ1v) is 6.61. The molecule has 3 aliphatic rings. The second-order valence-electron chi connectivity index (χ2n) is 5.86. The van der Waals surface area contributed by atoms with Gasteiger partial charge in [-0.05, 0) is 18.8 Å². The monoisotopic (exact) mass is 250 g/mol. The number of aliphatic hydroxyl groups is 1. The van der Waals surface area contributed by atoms with E-state index in [1.807, 2.05) is 6.92 Å². The van der Waals surface area contributed by atoms with Gasteiger partial charge in [-0.1, -0.05) is 13.5 Å². The van der Waals surface area contributed by atoms with Crippen LogP contribution in [0.2, 0.25) is 0 Å². The number of carbonyl (C=O) groups is 2. The van der Waals surface area contributed by atoms with Gasteiger partial charge < -0.3 is 9.84 Å². The van der Waals surface area contributed by atoms with Crippen molar-refractivity contribution < 1.29 is 19.4 Å². The minimum Gasteiger partial charge on any atom is -0.458 e. The number of ether oxygens (including phenoxy) is 1. The van der Waals surface area contributed by atoms with Crippen LogP contribution in [0.5, 0.6) is 0 Å². The first-order valence-electron chi connectivity index (χ1n) is 6.61. The quantitative estimate of drug-likeness (QED) is 0.516. The van der Waals surface area contributed by atoms with Gasteiger partial charge in [0.2, 0.25) is 0 Å². The van der Waals surface area contributed by atoms with E-state index in [0.29, 0.717) is 18.4 Å². The number of Topliss-reactive ketones (excluding diaryl/α,β-unsaturated/α-hetero) is 1. The van der Waals surface area contributed by atoms with E-state index in [0.717, 1.165) is 6.42 Å². The molecule has 0 aromatic carbocycles. The fourth-order valence-corrected chi connectivity index (χ4v) is 3.99. The van der Waals surface area contributed by atoms with Crippen LogP contribution in [-0.2, 0) is 14.3 Å². The van der Waals surface area contributed by atoms with Gasteiger partial charge in [0.25, 0.3) is 0 Å². The van der Waals surface area contributed by atoms with E-state index in [1.165, 1.54) is 0 Å². The number of carbonyl (C=O) groups excluding carboxylic acids is 2. The Balaban J connectivity index is 1.99. The molecule has 0 aromatic heterocycles. The van der Waals surface area contributed by atoms with Crippen LogP contribution in [-0.4, -0.2) is 29.1 Å². The fraction of sp³-hybridized carbons (Fsp3) is 0.714. The molecule has 1 heterocycles. The van der Waals surface area contributed by atoms with Crippen molar-refractivity contribution in [2.45, 2.75) is 38.4 Å². The number of ketones is 1. The fourth-order valence-electron chi connectivity index (χ4n) is 3.99. The maximum atomic E-state index is 11.9. The molecule has 3 rings (SSSR count). The predicted octanol–water partition coefficient (Wildman–Crippen LogP) is 1.08. The highest BCUT2D eigenvalue weighted by molar-refractivity contribution is 5.91. The average molecular weight is 250 g/mol. The summed E-state index contributed by atoms with van der Waals surface area (Å²) < 4.78 is 5.41. The van der Waals surface area contributed by atoms with E-state index in [4.69, 9.17) is 4.74 Å². The topological polar surface area (TPSA) is 63.6 Å². The van der Waals surface area contributed by atoms with Gasteiger partial charge in [0.15, 0.2) is 0 Å². The molecular weight excluding hydrogens is 232 g/mol. The van der Waals surface area contributed by atoms with Crippen molar-refractivity contribution in [1.82, 2.24) is 0 Å². The second kappa shape index (κ2) is 3.92. The molecule has 0 bridgehead atoms. The lowest BCUT2D eigenvalue weighted by Crippen LogP contribution is -2.35. The Kier molecular flexibility index (Phi) is 2.59. The summed E-state index contributed by atoms with van der Waals surface area (Å²) in [5, 5.41) is 10.2. The van der Waals surface area contributed by atoms with Gasteiger partial charge >= 0.3 is 5.97 Å². The molecule has 3 fully saturated rings. The predicted molar refractivity (Wildman–Crippen MR) is 63.5 cm³/mol. The summed E-state index contributed by atoms with van der Waals surface area (Å²) in [6, 6.07) is 0. The van der Waals surface area contributed by atoms with E-state index in [-0.39, 0.29) is 35.6 Å². The van der Waals surface area contributed by atoms with Crippen molar-refractivity contribution in [1.29, 1.82) is 0 Å². The van der Waals surface area contributed by atoms with Gasteiger partial charge in [-0.25, -0.2) is 4.79 Å². The molecule has 1 saturated heterocycles. The van der Waals surface area contributed by atoms with E-state index >= 15 is 0 Å². The standard InChI is InChI=1S/C14H18O4/c1-6-10(16)5-8-3-4-9(15)12-7(2)14(17)18-13(12)11(6)8/h6,8-9,11-13,15H,2-5H2,1H3/t6?,8?,9-,11?,12?,13?/m0/s1. The van der Waals surface area contributed by atoms with Crippen LogP contribution in [0.3, 0.4) is 0 Å².